The molecule has 0 amide bonds. The highest BCUT2D eigenvalue weighted by atomic mass is 16.5. The van der Waals surface area contributed by atoms with Crippen LogP contribution in [0.4, 0.5) is 11.8 Å². The first-order chi connectivity index (χ1) is 13.8. The summed E-state index contributed by atoms with van der Waals surface area (Å²) in [5.74, 6) is 0.882. The number of ether oxygens (including phenoxy) is 1. The van der Waals surface area contributed by atoms with Gasteiger partial charge >= 0.3 is 0 Å². The highest BCUT2D eigenvalue weighted by Crippen LogP contribution is 2.35. The fourth-order valence-electron chi connectivity index (χ4n) is 4.08. The monoisotopic (exact) mass is 374 g/mol. The number of aromatic nitrogens is 4. The van der Waals surface area contributed by atoms with E-state index in [2.05, 4.69) is 20.2 Å². The van der Waals surface area contributed by atoms with Crippen molar-refractivity contribution in [1.29, 1.82) is 0 Å². The minimum Gasteiger partial charge on any atom is -0.424 e. The lowest BCUT2D eigenvalue weighted by molar-refractivity contribution is 0.00969. The first-order valence-corrected chi connectivity index (χ1v) is 9.37. The highest BCUT2D eigenvalue weighted by Gasteiger charge is 2.43. The summed E-state index contributed by atoms with van der Waals surface area (Å²) in [6.07, 6.45) is 3.01. The molecule has 0 spiro atoms. The van der Waals surface area contributed by atoms with E-state index >= 15 is 0 Å². The summed E-state index contributed by atoms with van der Waals surface area (Å²) in [4.78, 5) is 20.9. The van der Waals surface area contributed by atoms with Crippen molar-refractivity contribution >= 4 is 34.1 Å². The molecule has 0 radical (unpaired) electrons. The summed E-state index contributed by atoms with van der Waals surface area (Å²) in [5, 5.41) is 2.92. The summed E-state index contributed by atoms with van der Waals surface area (Å²) >= 11 is 0. The molecule has 1 aromatic carbocycles. The van der Waals surface area contributed by atoms with Gasteiger partial charge in [-0.3, -0.25) is 0 Å². The lowest BCUT2D eigenvalue weighted by atomic mass is 9.91. The number of nitrogens with one attached hydrogen (secondary N) is 1. The van der Waals surface area contributed by atoms with E-state index in [1.54, 1.807) is 7.05 Å². The molecular formula is C20H18N6O2. The number of benzene rings is 1. The van der Waals surface area contributed by atoms with Gasteiger partial charge < -0.3 is 19.4 Å². The molecule has 2 bridgehead atoms. The minimum absolute atomic E-state index is 0.407. The van der Waals surface area contributed by atoms with Crippen LogP contribution in [0.1, 0.15) is 6.42 Å². The molecule has 2 fully saturated rings. The molecule has 2 aliphatic rings. The predicted octanol–water partition coefficient (Wildman–Crippen LogP) is 2.85. The Labute approximate surface area is 160 Å². The van der Waals surface area contributed by atoms with Gasteiger partial charge in [0.1, 0.15) is 16.9 Å². The van der Waals surface area contributed by atoms with E-state index in [9.17, 15) is 0 Å². The molecule has 28 heavy (non-hydrogen) atoms. The number of fused-ring (bicyclic) bond motifs is 4. The zero-order chi connectivity index (χ0) is 18.7. The summed E-state index contributed by atoms with van der Waals surface area (Å²) in [5.41, 5.74) is 4.76. The Balaban J connectivity index is 1.40. The number of pyridine rings is 1. The van der Waals surface area contributed by atoms with Crippen LogP contribution in [-0.4, -0.2) is 52.3 Å². The van der Waals surface area contributed by atoms with E-state index in [0.717, 1.165) is 46.9 Å². The standard InChI is InChI=1S/C20H18N6O2/c1-21-20-24-16-6-11(2-5-17(16)28-20)14-3-4-15-19(23-14)25-18(8-22-15)26-12-7-13(26)10-27-9-12/h2-6,8,12-13H,7,9-10H2,1H3,(H,21,24). The first kappa shape index (κ1) is 15.8. The van der Waals surface area contributed by atoms with Crippen molar-refractivity contribution in [2.75, 3.05) is 30.5 Å². The smallest absolute Gasteiger partial charge is 0.295 e. The van der Waals surface area contributed by atoms with Crippen molar-refractivity contribution in [3.8, 4) is 11.3 Å². The molecule has 8 heteroatoms. The van der Waals surface area contributed by atoms with Gasteiger partial charge in [-0.15, -0.1) is 0 Å². The fraction of sp³-hybridized carbons (Fsp3) is 0.300. The fourth-order valence-corrected chi connectivity index (χ4v) is 4.08. The number of anilines is 2. The van der Waals surface area contributed by atoms with Crippen LogP contribution in [0.5, 0.6) is 0 Å². The third-order valence-electron chi connectivity index (χ3n) is 5.51. The molecule has 4 aromatic rings. The van der Waals surface area contributed by atoms with Gasteiger partial charge in [-0.1, -0.05) is 0 Å². The molecule has 2 aliphatic heterocycles. The number of rotatable bonds is 3. The average molecular weight is 374 g/mol. The van der Waals surface area contributed by atoms with Crippen molar-refractivity contribution in [1.82, 2.24) is 19.9 Å². The number of hydrogen-bond donors (Lipinski definition) is 1. The van der Waals surface area contributed by atoms with E-state index in [4.69, 9.17) is 19.1 Å². The van der Waals surface area contributed by atoms with E-state index in [-0.39, 0.29) is 0 Å². The Kier molecular flexibility index (Phi) is 3.30. The van der Waals surface area contributed by atoms with Gasteiger partial charge in [-0.2, -0.15) is 4.98 Å². The highest BCUT2D eigenvalue weighted by molar-refractivity contribution is 5.82. The second-order valence-corrected chi connectivity index (χ2v) is 7.21. The summed E-state index contributed by atoms with van der Waals surface area (Å²) in [6, 6.07) is 11.1. The molecule has 5 heterocycles. The molecule has 0 saturated carbocycles. The van der Waals surface area contributed by atoms with Crippen LogP contribution in [0.15, 0.2) is 40.9 Å². The zero-order valence-corrected chi connectivity index (χ0v) is 15.3. The molecule has 3 aromatic heterocycles. The molecular weight excluding hydrogens is 356 g/mol. The van der Waals surface area contributed by atoms with Gasteiger partial charge in [0.2, 0.25) is 0 Å². The van der Waals surface area contributed by atoms with Gasteiger partial charge in [0.25, 0.3) is 6.01 Å². The predicted molar refractivity (Wildman–Crippen MR) is 105 cm³/mol. The Morgan fingerprint density at radius 1 is 1.04 bits per heavy atom. The van der Waals surface area contributed by atoms with E-state index in [0.29, 0.717) is 23.7 Å². The lowest BCUT2D eigenvalue weighted by Crippen LogP contribution is -2.64. The largest absolute Gasteiger partial charge is 0.424 e. The maximum atomic E-state index is 5.59. The Morgan fingerprint density at radius 3 is 2.75 bits per heavy atom. The van der Waals surface area contributed by atoms with Crippen molar-refractivity contribution in [2.45, 2.75) is 18.5 Å². The molecule has 2 unspecified atom stereocenters. The number of oxazole rings is 1. The van der Waals surface area contributed by atoms with Gasteiger partial charge in [0.15, 0.2) is 11.2 Å². The Bertz CT molecular complexity index is 1190. The van der Waals surface area contributed by atoms with Crippen LogP contribution in [0.3, 0.4) is 0 Å². The molecule has 140 valence electrons. The van der Waals surface area contributed by atoms with E-state index in [1.807, 2.05) is 36.5 Å². The van der Waals surface area contributed by atoms with Crippen LogP contribution >= 0.6 is 0 Å². The van der Waals surface area contributed by atoms with Crippen LogP contribution in [0.25, 0.3) is 33.5 Å². The third kappa shape index (κ3) is 2.34. The topological polar surface area (TPSA) is 89.2 Å². The molecule has 1 N–H and O–H groups in total. The van der Waals surface area contributed by atoms with Gasteiger partial charge in [0, 0.05) is 12.6 Å². The number of hydrogen-bond acceptors (Lipinski definition) is 8. The minimum atomic E-state index is 0.407. The summed E-state index contributed by atoms with van der Waals surface area (Å²) in [6.45, 7) is 1.52. The van der Waals surface area contributed by atoms with Crippen LogP contribution in [0, 0.1) is 0 Å². The Hall–Kier alpha value is -3.26. The number of nitrogens with zero attached hydrogens (tertiary/aromatic N) is 5. The van der Waals surface area contributed by atoms with Gasteiger partial charge in [0.05, 0.1) is 37.2 Å². The number of morpholine rings is 1. The third-order valence-corrected chi connectivity index (χ3v) is 5.51. The SMILES string of the molecule is CNc1nc2cc(-c3ccc4ncc(N5C6COCC5C6)nc4n3)ccc2o1. The van der Waals surface area contributed by atoms with Gasteiger partial charge in [-0.05, 0) is 36.8 Å². The van der Waals surface area contributed by atoms with E-state index < -0.39 is 0 Å². The first-order valence-electron chi connectivity index (χ1n) is 9.37. The quantitative estimate of drug-likeness (QED) is 0.586. The van der Waals surface area contributed by atoms with Crippen molar-refractivity contribution < 1.29 is 9.15 Å². The average Bonchev–Trinajstić information content (AvgIpc) is 3.16. The molecule has 2 saturated heterocycles. The van der Waals surface area contributed by atoms with Crippen molar-refractivity contribution in [2.24, 2.45) is 0 Å². The van der Waals surface area contributed by atoms with Crippen LogP contribution in [-0.2, 0) is 4.74 Å². The van der Waals surface area contributed by atoms with E-state index in [1.165, 1.54) is 6.42 Å². The van der Waals surface area contributed by atoms with Crippen molar-refractivity contribution in [3.05, 3.63) is 36.5 Å². The second kappa shape index (κ2) is 5.87. The van der Waals surface area contributed by atoms with Crippen LogP contribution in [0.2, 0.25) is 0 Å². The van der Waals surface area contributed by atoms with Crippen LogP contribution < -0.4 is 10.2 Å². The lowest BCUT2D eigenvalue weighted by Gasteiger charge is -2.52. The Morgan fingerprint density at radius 2 is 1.93 bits per heavy atom. The maximum absolute atomic E-state index is 5.59. The zero-order valence-electron chi connectivity index (χ0n) is 15.3. The summed E-state index contributed by atoms with van der Waals surface area (Å²) < 4.78 is 11.2. The molecule has 0 aliphatic carbocycles. The normalized spacial score (nSPS) is 21.1. The molecule has 6 rings (SSSR count). The maximum Gasteiger partial charge on any atom is 0.295 e. The second-order valence-electron chi connectivity index (χ2n) is 7.21. The molecule has 8 nitrogen and oxygen atoms in total. The molecule has 2 atom stereocenters. The summed E-state index contributed by atoms with van der Waals surface area (Å²) in [7, 11) is 1.78. The van der Waals surface area contributed by atoms with Crippen molar-refractivity contribution in [3.63, 3.8) is 0 Å². The van der Waals surface area contributed by atoms with Gasteiger partial charge in [-0.25, -0.2) is 15.0 Å².